The molecule has 3 nitrogen and oxygen atoms in total. The zero-order valence-electron chi connectivity index (χ0n) is 12.1. The van der Waals surface area contributed by atoms with Crippen LogP contribution in [0.2, 0.25) is 0 Å². The number of ether oxygens (including phenoxy) is 1. The van der Waals surface area contributed by atoms with Crippen molar-refractivity contribution in [3.05, 3.63) is 34.6 Å². The van der Waals surface area contributed by atoms with Crippen LogP contribution in [-0.2, 0) is 4.74 Å². The molecule has 0 bridgehead atoms. The summed E-state index contributed by atoms with van der Waals surface area (Å²) in [6.45, 7) is 6.10. The fraction of sp³-hybridized carbons (Fsp3) is 0.625. The minimum absolute atomic E-state index is 0.331. The molecule has 0 radical (unpaired) electrons. The summed E-state index contributed by atoms with van der Waals surface area (Å²) < 4.78 is 19.9. The van der Waals surface area contributed by atoms with Crippen LogP contribution >= 0.6 is 0 Å². The van der Waals surface area contributed by atoms with Gasteiger partial charge in [0.15, 0.2) is 0 Å². The number of hydrogen-bond acceptors (Lipinski definition) is 3. The van der Waals surface area contributed by atoms with Crippen LogP contribution in [0.4, 0.5) is 4.39 Å². The average Bonchev–Trinajstić information content (AvgIpc) is 2.84. The number of nitrogens with zero attached hydrogens (tertiary/aromatic N) is 1. The molecule has 1 N–H and O–H groups in total. The molecule has 2 saturated heterocycles. The molecule has 0 spiro atoms. The van der Waals surface area contributed by atoms with Crippen LogP contribution in [0.25, 0.3) is 0 Å². The summed E-state index contributed by atoms with van der Waals surface area (Å²) in [4.78, 5) is 2.36. The van der Waals surface area contributed by atoms with Crippen LogP contribution in [-0.4, -0.2) is 41.8 Å². The van der Waals surface area contributed by atoms with Gasteiger partial charge in [0.1, 0.15) is 18.0 Å². The van der Waals surface area contributed by atoms with E-state index in [0.29, 0.717) is 24.8 Å². The summed E-state index contributed by atoms with van der Waals surface area (Å²) in [6.07, 6.45) is 1.13. The third-order valence-electron chi connectivity index (χ3n) is 4.54. The van der Waals surface area contributed by atoms with Crippen molar-refractivity contribution in [3.8, 4) is 0 Å². The van der Waals surface area contributed by atoms with Crippen LogP contribution in [0.1, 0.15) is 35.6 Å². The highest BCUT2D eigenvalue weighted by Gasteiger charge is 2.36. The predicted molar refractivity (Wildman–Crippen MR) is 75.2 cm³/mol. The molecule has 0 aromatic heterocycles. The number of rotatable bonds is 2. The van der Waals surface area contributed by atoms with E-state index in [2.05, 4.69) is 4.90 Å². The lowest BCUT2D eigenvalue weighted by molar-refractivity contribution is -0.104. The summed E-state index contributed by atoms with van der Waals surface area (Å²) in [7, 11) is 0. The largest absolute Gasteiger partial charge is 0.386 e. The van der Waals surface area contributed by atoms with Gasteiger partial charge in [0, 0.05) is 18.2 Å². The maximum absolute atomic E-state index is 14.2. The van der Waals surface area contributed by atoms with Crippen LogP contribution in [0.15, 0.2) is 12.1 Å². The van der Waals surface area contributed by atoms with Gasteiger partial charge in [0.05, 0.1) is 6.61 Å². The first-order valence-electron chi connectivity index (χ1n) is 7.36. The molecule has 20 heavy (non-hydrogen) atoms. The summed E-state index contributed by atoms with van der Waals surface area (Å²) >= 11 is 0. The molecule has 1 aromatic rings. The Balaban J connectivity index is 1.80. The standard InChI is InChI=1S/C16H22FNO2/c1-10-6-11(2)15(13(17)7-10)16(19)14-8-18-5-3-4-12(18)9-20-14/h6-7,12,14,16,19H,3-5,8-9H2,1-2H3. The van der Waals surface area contributed by atoms with Crippen LogP contribution in [0.3, 0.4) is 0 Å². The molecular formula is C16H22FNO2. The van der Waals surface area contributed by atoms with Crippen LogP contribution in [0.5, 0.6) is 0 Å². The van der Waals surface area contributed by atoms with Gasteiger partial charge in [-0.2, -0.15) is 0 Å². The summed E-state index contributed by atoms with van der Waals surface area (Å²) in [5.41, 5.74) is 2.06. The van der Waals surface area contributed by atoms with Crippen molar-refractivity contribution in [1.29, 1.82) is 0 Å². The minimum atomic E-state index is -0.892. The molecule has 3 atom stereocenters. The maximum atomic E-state index is 14.2. The Morgan fingerprint density at radius 2 is 2.20 bits per heavy atom. The summed E-state index contributed by atoms with van der Waals surface area (Å²) in [5.74, 6) is -0.331. The highest BCUT2D eigenvalue weighted by atomic mass is 19.1. The third kappa shape index (κ3) is 2.48. The van der Waals surface area contributed by atoms with Crippen molar-refractivity contribution in [3.63, 3.8) is 0 Å². The molecular weight excluding hydrogens is 257 g/mol. The van der Waals surface area contributed by atoms with E-state index < -0.39 is 6.10 Å². The number of aliphatic hydroxyl groups excluding tert-OH is 1. The molecule has 4 heteroatoms. The topological polar surface area (TPSA) is 32.7 Å². The van der Waals surface area contributed by atoms with E-state index in [1.165, 1.54) is 18.9 Å². The van der Waals surface area contributed by atoms with E-state index in [1.807, 2.05) is 19.9 Å². The molecule has 2 aliphatic rings. The first kappa shape index (κ1) is 14.0. The minimum Gasteiger partial charge on any atom is -0.386 e. The Labute approximate surface area is 119 Å². The lowest BCUT2D eigenvalue weighted by Crippen LogP contribution is -2.48. The zero-order valence-corrected chi connectivity index (χ0v) is 12.1. The predicted octanol–water partition coefficient (Wildman–Crippen LogP) is 2.34. The van der Waals surface area contributed by atoms with Gasteiger partial charge in [-0.3, -0.25) is 4.90 Å². The van der Waals surface area contributed by atoms with Crippen molar-refractivity contribution in [1.82, 2.24) is 4.90 Å². The van der Waals surface area contributed by atoms with Crippen molar-refractivity contribution in [2.45, 2.75) is 44.9 Å². The molecule has 2 fully saturated rings. The summed E-state index contributed by atoms with van der Waals surface area (Å²) in [5, 5.41) is 10.5. The Bertz CT molecular complexity index is 482. The second-order valence-electron chi connectivity index (χ2n) is 6.08. The normalized spacial score (nSPS) is 28.4. The van der Waals surface area contributed by atoms with Gasteiger partial charge in [0.2, 0.25) is 0 Å². The third-order valence-corrected chi connectivity index (χ3v) is 4.54. The van der Waals surface area contributed by atoms with Gasteiger partial charge in [0.25, 0.3) is 0 Å². The molecule has 3 rings (SSSR count). The zero-order chi connectivity index (χ0) is 14.3. The van der Waals surface area contributed by atoms with Crippen molar-refractivity contribution in [2.24, 2.45) is 0 Å². The summed E-state index contributed by atoms with van der Waals surface area (Å²) in [6, 6.07) is 3.87. The van der Waals surface area contributed by atoms with Gasteiger partial charge in [-0.15, -0.1) is 0 Å². The number of benzene rings is 1. The lowest BCUT2D eigenvalue weighted by atomic mass is 9.96. The van der Waals surface area contributed by atoms with E-state index in [9.17, 15) is 9.50 Å². The van der Waals surface area contributed by atoms with Crippen molar-refractivity contribution in [2.75, 3.05) is 19.7 Å². The lowest BCUT2D eigenvalue weighted by Gasteiger charge is -2.37. The Morgan fingerprint density at radius 3 is 2.95 bits per heavy atom. The number of aryl methyl sites for hydroxylation is 2. The van der Waals surface area contributed by atoms with Gasteiger partial charge in [-0.05, 0) is 50.4 Å². The second kappa shape index (κ2) is 5.43. The van der Waals surface area contributed by atoms with Crippen molar-refractivity contribution >= 4 is 0 Å². The second-order valence-corrected chi connectivity index (χ2v) is 6.08. The number of fused-ring (bicyclic) bond motifs is 1. The van der Waals surface area contributed by atoms with Crippen LogP contribution < -0.4 is 0 Å². The first-order chi connectivity index (χ1) is 9.56. The smallest absolute Gasteiger partial charge is 0.129 e. The number of morpholine rings is 1. The molecule has 0 saturated carbocycles. The number of halogens is 1. The quantitative estimate of drug-likeness (QED) is 0.902. The van der Waals surface area contributed by atoms with Gasteiger partial charge < -0.3 is 9.84 Å². The highest BCUT2D eigenvalue weighted by Crippen LogP contribution is 2.31. The SMILES string of the molecule is Cc1cc(C)c(C(O)C2CN3CCCC3CO2)c(F)c1. The fourth-order valence-electron chi connectivity index (χ4n) is 3.52. The molecule has 1 aromatic carbocycles. The highest BCUT2D eigenvalue weighted by molar-refractivity contribution is 5.34. The van der Waals surface area contributed by atoms with Gasteiger partial charge in [-0.25, -0.2) is 4.39 Å². The van der Waals surface area contributed by atoms with E-state index in [0.717, 1.165) is 17.7 Å². The fourth-order valence-corrected chi connectivity index (χ4v) is 3.52. The monoisotopic (exact) mass is 279 g/mol. The van der Waals surface area contributed by atoms with E-state index in [1.54, 1.807) is 0 Å². The van der Waals surface area contributed by atoms with Crippen molar-refractivity contribution < 1.29 is 14.2 Å². The average molecular weight is 279 g/mol. The first-order valence-corrected chi connectivity index (χ1v) is 7.36. The van der Waals surface area contributed by atoms with E-state index >= 15 is 0 Å². The number of aliphatic hydroxyl groups is 1. The maximum Gasteiger partial charge on any atom is 0.129 e. The molecule has 110 valence electrons. The van der Waals surface area contributed by atoms with Crippen LogP contribution in [0, 0.1) is 19.7 Å². The number of hydrogen-bond donors (Lipinski definition) is 1. The van der Waals surface area contributed by atoms with Gasteiger partial charge >= 0.3 is 0 Å². The molecule has 2 heterocycles. The molecule has 0 amide bonds. The molecule has 3 unspecified atom stereocenters. The Morgan fingerprint density at radius 1 is 1.40 bits per heavy atom. The Hall–Kier alpha value is -0.970. The Kier molecular flexibility index (Phi) is 3.80. The van der Waals surface area contributed by atoms with E-state index in [4.69, 9.17) is 4.74 Å². The van der Waals surface area contributed by atoms with Gasteiger partial charge in [-0.1, -0.05) is 6.07 Å². The molecule has 2 aliphatic heterocycles. The van der Waals surface area contributed by atoms with E-state index in [-0.39, 0.29) is 11.9 Å². The molecule has 0 aliphatic carbocycles.